The number of para-hydroxylation sites is 1. The third-order valence-corrected chi connectivity index (χ3v) is 3.97. The van der Waals surface area contributed by atoms with Gasteiger partial charge in [0, 0.05) is 27.6 Å². The zero-order valence-electron chi connectivity index (χ0n) is 11.2. The van der Waals surface area contributed by atoms with Gasteiger partial charge < -0.3 is 17.0 Å². The number of nitrogens with zero attached hydrogens (tertiary/aromatic N) is 1. The first kappa shape index (κ1) is 15.9. The van der Waals surface area contributed by atoms with Gasteiger partial charge in [-0.25, -0.2) is 0 Å². The van der Waals surface area contributed by atoms with E-state index in [1.165, 1.54) is 0 Å². The predicted molar refractivity (Wildman–Crippen MR) is 82.6 cm³/mol. The van der Waals surface area contributed by atoms with E-state index in [1.54, 1.807) is 0 Å². The molecule has 0 fully saturated rings. The lowest BCUT2D eigenvalue weighted by Crippen LogP contribution is -3.00. The molecule has 1 aromatic heterocycles. The number of fused-ring (bicyclic) bond motifs is 1. The minimum atomic E-state index is 0. The highest BCUT2D eigenvalue weighted by Gasteiger charge is 2.16. The fraction of sp³-hybridized carbons (Fsp3) is 0.0588. The van der Waals surface area contributed by atoms with E-state index in [9.17, 15) is 4.79 Å². The van der Waals surface area contributed by atoms with Crippen molar-refractivity contribution in [3.8, 4) is 0 Å². The molecule has 0 unspecified atom stereocenters. The number of rotatable bonds is 3. The summed E-state index contributed by atoms with van der Waals surface area (Å²) in [4.78, 5) is 12.4. The molecule has 0 bridgehead atoms. The van der Waals surface area contributed by atoms with Crippen LogP contribution < -0.4 is 21.5 Å². The van der Waals surface area contributed by atoms with Gasteiger partial charge in [0.2, 0.25) is 17.8 Å². The van der Waals surface area contributed by atoms with Crippen molar-refractivity contribution in [3.63, 3.8) is 0 Å². The second kappa shape index (κ2) is 6.96. The lowest BCUT2D eigenvalue weighted by molar-refractivity contribution is -0.657. The number of carbonyl (C=O) groups is 1. The molecule has 3 rings (SSSR count). The van der Waals surface area contributed by atoms with Crippen LogP contribution in [0.4, 0.5) is 0 Å². The van der Waals surface area contributed by atoms with Crippen LogP contribution in [0.15, 0.2) is 71.3 Å². The molecule has 3 aromatic rings. The Bertz CT molecular complexity index is 781. The van der Waals surface area contributed by atoms with E-state index in [0.717, 1.165) is 15.4 Å². The first-order chi connectivity index (χ1) is 9.75. The predicted octanol–water partition coefficient (Wildman–Crippen LogP) is 0.777. The standard InChI is InChI=1S/C17H13BrNO.BrH/c18-15-9-3-2-8-14(15)17(20)12-19-11-5-7-13-6-1-4-10-16(13)19;/h1-11H,12H2;1H/q+1;/p-1. The number of benzene rings is 2. The molecule has 0 atom stereocenters. The van der Waals surface area contributed by atoms with Crippen molar-refractivity contribution in [3.05, 3.63) is 76.9 Å². The number of Topliss-reactive ketones (excluding diaryl/α,β-unsaturated/α-hetero) is 1. The molecule has 0 radical (unpaired) electrons. The van der Waals surface area contributed by atoms with Gasteiger partial charge in [0.05, 0.1) is 0 Å². The molecular formula is C17H13Br2NO. The van der Waals surface area contributed by atoms with Gasteiger partial charge in [-0.15, -0.1) is 0 Å². The van der Waals surface area contributed by atoms with Crippen molar-refractivity contribution in [2.45, 2.75) is 6.54 Å². The fourth-order valence-corrected chi connectivity index (χ4v) is 2.79. The van der Waals surface area contributed by atoms with Crippen molar-refractivity contribution in [1.82, 2.24) is 0 Å². The van der Waals surface area contributed by atoms with Crippen LogP contribution in [-0.4, -0.2) is 5.78 Å². The molecule has 0 aliphatic heterocycles. The molecule has 4 heteroatoms. The summed E-state index contributed by atoms with van der Waals surface area (Å²) in [6, 6.07) is 19.6. The molecule has 106 valence electrons. The summed E-state index contributed by atoms with van der Waals surface area (Å²) < 4.78 is 2.82. The highest BCUT2D eigenvalue weighted by atomic mass is 79.9. The lowest BCUT2D eigenvalue weighted by Gasteiger charge is -2.03. The second-order valence-electron chi connectivity index (χ2n) is 4.60. The quantitative estimate of drug-likeness (QED) is 0.465. The van der Waals surface area contributed by atoms with E-state index in [-0.39, 0.29) is 22.8 Å². The van der Waals surface area contributed by atoms with Crippen LogP contribution in [0.5, 0.6) is 0 Å². The maximum Gasteiger partial charge on any atom is 0.228 e. The van der Waals surface area contributed by atoms with Crippen molar-refractivity contribution in [2.75, 3.05) is 0 Å². The van der Waals surface area contributed by atoms with Gasteiger partial charge in [-0.3, -0.25) is 4.79 Å². The minimum Gasteiger partial charge on any atom is -1.00 e. The van der Waals surface area contributed by atoms with Gasteiger partial charge in [0.25, 0.3) is 0 Å². The normalized spacial score (nSPS) is 10.1. The second-order valence-corrected chi connectivity index (χ2v) is 5.45. The average molecular weight is 407 g/mol. The zero-order chi connectivity index (χ0) is 13.9. The van der Waals surface area contributed by atoms with Crippen LogP contribution in [0.2, 0.25) is 0 Å². The molecular weight excluding hydrogens is 394 g/mol. The molecule has 2 aromatic carbocycles. The number of pyridine rings is 1. The van der Waals surface area contributed by atoms with Crippen molar-refractivity contribution in [1.29, 1.82) is 0 Å². The Hall–Kier alpha value is -1.52. The molecule has 0 N–H and O–H groups in total. The number of hydrogen-bond acceptors (Lipinski definition) is 1. The van der Waals surface area contributed by atoms with Crippen LogP contribution in [0.1, 0.15) is 10.4 Å². The van der Waals surface area contributed by atoms with E-state index in [0.29, 0.717) is 12.1 Å². The molecule has 0 aliphatic carbocycles. The largest absolute Gasteiger partial charge is 1.00 e. The summed E-state index contributed by atoms with van der Waals surface area (Å²) in [6.45, 7) is 0.337. The van der Waals surface area contributed by atoms with Crippen molar-refractivity contribution in [2.24, 2.45) is 0 Å². The number of halogens is 2. The Labute approximate surface area is 142 Å². The highest BCUT2D eigenvalue weighted by Crippen LogP contribution is 2.16. The summed E-state index contributed by atoms with van der Waals surface area (Å²) in [6.07, 6.45) is 1.94. The van der Waals surface area contributed by atoms with Gasteiger partial charge in [-0.2, -0.15) is 4.57 Å². The van der Waals surface area contributed by atoms with Crippen LogP contribution in [-0.2, 0) is 6.54 Å². The summed E-state index contributed by atoms with van der Waals surface area (Å²) in [5.74, 6) is 0.0961. The van der Waals surface area contributed by atoms with Gasteiger partial charge in [-0.1, -0.05) is 46.3 Å². The first-order valence-corrected chi connectivity index (χ1v) is 7.20. The summed E-state index contributed by atoms with van der Waals surface area (Å²) in [7, 11) is 0. The Morgan fingerprint density at radius 3 is 2.43 bits per heavy atom. The molecule has 0 saturated heterocycles. The number of ketones is 1. The van der Waals surface area contributed by atoms with Gasteiger partial charge in [-0.05, 0) is 18.2 Å². The van der Waals surface area contributed by atoms with Crippen LogP contribution in [0.3, 0.4) is 0 Å². The minimum absolute atomic E-state index is 0. The fourth-order valence-electron chi connectivity index (χ4n) is 2.29. The van der Waals surface area contributed by atoms with Crippen LogP contribution in [0, 0.1) is 0 Å². The summed E-state index contributed by atoms with van der Waals surface area (Å²) >= 11 is 3.43. The molecule has 1 heterocycles. The number of carbonyl (C=O) groups excluding carboxylic acids is 1. The molecule has 21 heavy (non-hydrogen) atoms. The van der Waals surface area contributed by atoms with E-state index >= 15 is 0 Å². The van der Waals surface area contributed by atoms with Crippen molar-refractivity contribution < 1.29 is 26.3 Å². The maximum atomic E-state index is 12.4. The van der Waals surface area contributed by atoms with E-state index in [1.807, 2.05) is 59.3 Å². The third-order valence-electron chi connectivity index (χ3n) is 3.28. The zero-order valence-corrected chi connectivity index (χ0v) is 14.3. The molecule has 0 spiro atoms. The smallest absolute Gasteiger partial charge is 0.228 e. The molecule has 0 amide bonds. The van der Waals surface area contributed by atoms with Gasteiger partial charge >= 0.3 is 0 Å². The van der Waals surface area contributed by atoms with Gasteiger partial charge in [0.15, 0.2) is 6.20 Å². The summed E-state index contributed by atoms with van der Waals surface area (Å²) in [5, 5.41) is 1.13. The number of aromatic nitrogens is 1. The Kier molecular flexibility index (Phi) is 5.26. The molecule has 0 saturated carbocycles. The van der Waals surface area contributed by atoms with E-state index < -0.39 is 0 Å². The Morgan fingerprint density at radius 2 is 1.62 bits per heavy atom. The Balaban J connectivity index is 0.00000161. The lowest BCUT2D eigenvalue weighted by atomic mass is 10.1. The first-order valence-electron chi connectivity index (χ1n) is 6.40. The number of hydrogen-bond donors (Lipinski definition) is 0. The monoisotopic (exact) mass is 405 g/mol. The van der Waals surface area contributed by atoms with E-state index in [2.05, 4.69) is 28.1 Å². The van der Waals surface area contributed by atoms with E-state index in [4.69, 9.17) is 0 Å². The Morgan fingerprint density at radius 1 is 0.952 bits per heavy atom. The topological polar surface area (TPSA) is 20.9 Å². The average Bonchev–Trinajstić information content (AvgIpc) is 2.48. The van der Waals surface area contributed by atoms with Crippen LogP contribution >= 0.6 is 15.9 Å². The summed E-state index contributed by atoms with van der Waals surface area (Å²) in [5.41, 5.74) is 1.78. The highest BCUT2D eigenvalue weighted by molar-refractivity contribution is 9.10. The SMILES string of the molecule is O=C(C[n+]1cccc2ccccc21)c1ccccc1Br.[Br-]. The molecule has 2 nitrogen and oxygen atoms in total. The molecule has 0 aliphatic rings. The third kappa shape index (κ3) is 3.39. The maximum absolute atomic E-state index is 12.4. The van der Waals surface area contributed by atoms with Gasteiger partial charge in [0.1, 0.15) is 0 Å². The van der Waals surface area contributed by atoms with Crippen molar-refractivity contribution >= 4 is 32.6 Å². The van der Waals surface area contributed by atoms with Crippen LogP contribution in [0.25, 0.3) is 10.9 Å².